The maximum absolute atomic E-state index is 12.7. The second kappa shape index (κ2) is 6.82. The van der Waals surface area contributed by atoms with Crippen LogP contribution in [-0.4, -0.2) is 61.0 Å². The molecule has 2 fully saturated rings. The third kappa shape index (κ3) is 3.35. The molecule has 1 aromatic carbocycles. The molecule has 22 heavy (non-hydrogen) atoms. The number of benzene rings is 1. The Labute approximate surface area is 136 Å². The van der Waals surface area contributed by atoms with Crippen molar-refractivity contribution in [2.24, 2.45) is 0 Å². The van der Waals surface area contributed by atoms with Gasteiger partial charge in [-0.2, -0.15) is 0 Å². The third-order valence-corrected chi connectivity index (χ3v) is 4.61. The molecule has 2 aliphatic heterocycles. The summed E-state index contributed by atoms with van der Waals surface area (Å²) < 4.78 is 0. The van der Waals surface area contributed by atoms with Gasteiger partial charge in [0.25, 0.3) is 0 Å². The van der Waals surface area contributed by atoms with E-state index in [1.807, 2.05) is 35.2 Å². The molecule has 4 nitrogen and oxygen atoms in total. The number of nitrogens with zero attached hydrogens (tertiary/aromatic N) is 3. The van der Waals surface area contributed by atoms with Crippen molar-refractivity contribution in [1.29, 1.82) is 0 Å². The summed E-state index contributed by atoms with van der Waals surface area (Å²) in [6, 6.07) is 9.98. The second-order valence-corrected chi connectivity index (χ2v) is 6.49. The summed E-state index contributed by atoms with van der Waals surface area (Å²) in [5.41, 5.74) is 1.01. The van der Waals surface area contributed by atoms with Gasteiger partial charge in [0.15, 0.2) is 0 Å². The van der Waals surface area contributed by atoms with Crippen LogP contribution in [0.2, 0.25) is 0 Å². The number of hydrogen-bond acceptors (Lipinski definition) is 3. The minimum absolute atomic E-state index is 0.0292. The lowest BCUT2D eigenvalue weighted by Crippen LogP contribution is -2.52. The molecule has 1 atom stereocenters. The van der Waals surface area contributed by atoms with Gasteiger partial charge in [-0.3, -0.25) is 14.6 Å². The molecule has 0 aromatic heterocycles. The highest BCUT2D eigenvalue weighted by atomic mass is 35.5. The third-order valence-electron chi connectivity index (χ3n) is 4.49. The monoisotopic (exact) mass is 319 g/mol. The summed E-state index contributed by atoms with van der Waals surface area (Å²) in [6.45, 7) is 9.03. The Morgan fingerprint density at radius 1 is 1.14 bits per heavy atom. The van der Waals surface area contributed by atoms with Crippen molar-refractivity contribution in [2.45, 2.75) is 12.5 Å². The average molecular weight is 320 g/mol. The summed E-state index contributed by atoms with van der Waals surface area (Å²) in [5.74, 6) is 0.237. The molecule has 1 aromatic rings. The fourth-order valence-electron chi connectivity index (χ4n) is 3.34. The van der Waals surface area contributed by atoms with Crippen molar-refractivity contribution in [1.82, 2.24) is 9.80 Å². The molecule has 0 aliphatic carbocycles. The van der Waals surface area contributed by atoms with Gasteiger partial charge < -0.3 is 4.90 Å². The Hall–Kier alpha value is -1.36. The van der Waals surface area contributed by atoms with E-state index in [2.05, 4.69) is 16.4 Å². The number of anilines is 1. The summed E-state index contributed by atoms with van der Waals surface area (Å²) >= 11 is 5.87. The molecule has 0 N–H and O–H groups in total. The maximum atomic E-state index is 12.7. The van der Waals surface area contributed by atoms with Crippen LogP contribution in [0, 0.1) is 0 Å². The zero-order valence-corrected chi connectivity index (χ0v) is 13.5. The molecule has 2 heterocycles. The number of para-hydroxylation sites is 1. The number of piperazine rings is 1. The minimum Gasteiger partial charge on any atom is -0.311 e. The van der Waals surface area contributed by atoms with Crippen molar-refractivity contribution >= 4 is 23.2 Å². The van der Waals surface area contributed by atoms with Gasteiger partial charge in [0.2, 0.25) is 5.91 Å². The molecule has 118 valence electrons. The van der Waals surface area contributed by atoms with Crippen LogP contribution in [0.4, 0.5) is 5.69 Å². The van der Waals surface area contributed by atoms with E-state index in [1.165, 1.54) is 0 Å². The van der Waals surface area contributed by atoms with Crippen LogP contribution in [0.25, 0.3) is 0 Å². The van der Waals surface area contributed by atoms with E-state index in [0.29, 0.717) is 5.03 Å². The first-order valence-corrected chi connectivity index (χ1v) is 8.19. The average Bonchev–Trinajstić information content (AvgIpc) is 2.90. The lowest BCUT2D eigenvalue weighted by molar-refractivity contribution is -0.122. The van der Waals surface area contributed by atoms with Crippen molar-refractivity contribution in [3.8, 4) is 0 Å². The molecular formula is C17H22ClN3O. The zero-order chi connectivity index (χ0) is 15.5. The van der Waals surface area contributed by atoms with Gasteiger partial charge in [-0.25, -0.2) is 0 Å². The van der Waals surface area contributed by atoms with Crippen LogP contribution >= 0.6 is 11.6 Å². The van der Waals surface area contributed by atoms with Crippen LogP contribution in [0.5, 0.6) is 0 Å². The van der Waals surface area contributed by atoms with Crippen molar-refractivity contribution in [3.05, 3.63) is 41.9 Å². The minimum atomic E-state index is 0.0292. The largest absolute Gasteiger partial charge is 0.311 e. The summed E-state index contributed by atoms with van der Waals surface area (Å²) in [7, 11) is 0. The second-order valence-electron chi connectivity index (χ2n) is 5.96. The molecular weight excluding hydrogens is 298 g/mol. The van der Waals surface area contributed by atoms with Gasteiger partial charge in [0, 0.05) is 50.0 Å². The van der Waals surface area contributed by atoms with Crippen molar-refractivity contribution in [3.63, 3.8) is 0 Å². The molecule has 5 heteroatoms. The Morgan fingerprint density at radius 3 is 2.45 bits per heavy atom. The normalized spacial score (nSPS) is 24.0. The SMILES string of the molecule is C=C(Cl)CN1CCN([C@@H]2CCN(c3ccccc3)C2=O)CC1. The first-order valence-electron chi connectivity index (χ1n) is 7.81. The summed E-state index contributed by atoms with van der Waals surface area (Å²) in [6.07, 6.45) is 0.913. The van der Waals surface area contributed by atoms with E-state index < -0.39 is 0 Å². The highest BCUT2D eigenvalue weighted by molar-refractivity contribution is 6.29. The van der Waals surface area contributed by atoms with Crippen LogP contribution in [0.1, 0.15) is 6.42 Å². The predicted molar refractivity (Wildman–Crippen MR) is 90.2 cm³/mol. The molecule has 0 saturated carbocycles. The smallest absolute Gasteiger partial charge is 0.244 e. The van der Waals surface area contributed by atoms with Crippen LogP contribution < -0.4 is 4.90 Å². The van der Waals surface area contributed by atoms with Crippen LogP contribution in [0.3, 0.4) is 0 Å². The summed E-state index contributed by atoms with van der Waals surface area (Å²) in [4.78, 5) is 19.2. The van der Waals surface area contributed by atoms with Gasteiger partial charge in [-0.05, 0) is 18.6 Å². The molecule has 2 saturated heterocycles. The molecule has 3 rings (SSSR count). The zero-order valence-electron chi connectivity index (χ0n) is 12.7. The van der Waals surface area contributed by atoms with Gasteiger partial charge in [-0.15, -0.1) is 0 Å². The highest BCUT2D eigenvalue weighted by Crippen LogP contribution is 2.25. The van der Waals surface area contributed by atoms with Gasteiger partial charge >= 0.3 is 0 Å². The Balaban J connectivity index is 1.59. The quantitative estimate of drug-likeness (QED) is 0.851. The van der Waals surface area contributed by atoms with E-state index in [4.69, 9.17) is 11.6 Å². The van der Waals surface area contributed by atoms with E-state index in [9.17, 15) is 4.79 Å². The number of carbonyl (C=O) groups excluding carboxylic acids is 1. The van der Waals surface area contributed by atoms with Crippen molar-refractivity contribution < 1.29 is 4.79 Å². The predicted octanol–water partition coefficient (Wildman–Crippen LogP) is 2.16. The molecule has 0 bridgehead atoms. The molecule has 0 radical (unpaired) electrons. The Bertz CT molecular complexity index is 540. The molecule has 1 amide bonds. The topological polar surface area (TPSA) is 26.8 Å². The molecule has 0 unspecified atom stereocenters. The molecule has 0 spiro atoms. The number of halogens is 1. The Morgan fingerprint density at radius 2 is 1.82 bits per heavy atom. The maximum Gasteiger partial charge on any atom is 0.244 e. The first kappa shape index (κ1) is 15.5. The standard InChI is InChI=1S/C17H22ClN3O/c1-14(18)13-19-9-11-20(12-10-19)16-7-8-21(17(16)22)15-5-3-2-4-6-15/h2-6,16H,1,7-13H2/t16-/m1/s1. The number of hydrogen-bond donors (Lipinski definition) is 0. The lowest BCUT2D eigenvalue weighted by Gasteiger charge is -2.37. The van der Waals surface area contributed by atoms with Crippen molar-refractivity contribution in [2.75, 3.05) is 44.2 Å². The fourth-order valence-corrected chi connectivity index (χ4v) is 3.51. The first-order chi connectivity index (χ1) is 10.6. The number of carbonyl (C=O) groups is 1. The van der Waals surface area contributed by atoms with Gasteiger partial charge in [0.05, 0.1) is 6.04 Å². The van der Waals surface area contributed by atoms with Gasteiger partial charge in [0.1, 0.15) is 0 Å². The highest BCUT2D eigenvalue weighted by Gasteiger charge is 2.37. The van der Waals surface area contributed by atoms with E-state index in [-0.39, 0.29) is 11.9 Å². The van der Waals surface area contributed by atoms with Crippen LogP contribution in [-0.2, 0) is 4.79 Å². The van der Waals surface area contributed by atoms with E-state index >= 15 is 0 Å². The van der Waals surface area contributed by atoms with Gasteiger partial charge in [-0.1, -0.05) is 36.4 Å². The van der Waals surface area contributed by atoms with E-state index in [1.54, 1.807) is 0 Å². The number of rotatable bonds is 4. The number of amides is 1. The van der Waals surface area contributed by atoms with E-state index in [0.717, 1.165) is 51.4 Å². The Kier molecular flexibility index (Phi) is 4.81. The summed E-state index contributed by atoms with van der Waals surface area (Å²) in [5, 5.41) is 0.681. The molecule has 2 aliphatic rings. The fraction of sp³-hybridized carbons (Fsp3) is 0.471. The van der Waals surface area contributed by atoms with Crippen LogP contribution in [0.15, 0.2) is 41.9 Å². The lowest BCUT2D eigenvalue weighted by atomic mass is 10.2.